The summed E-state index contributed by atoms with van der Waals surface area (Å²) >= 11 is 0. The van der Waals surface area contributed by atoms with Crippen LogP contribution in [0.25, 0.3) is 0 Å². The molecular formula is C22H27N5O3. The molecule has 2 fully saturated rings. The summed E-state index contributed by atoms with van der Waals surface area (Å²) in [5, 5.41) is 9.92. The number of rotatable bonds is 7. The Balaban J connectivity index is 1.23. The molecular weight excluding hydrogens is 382 g/mol. The van der Waals surface area contributed by atoms with Crippen LogP contribution in [0, 0.1) is 0 Å². The lowest BCUT2D eigenvalue weighted by molar-refractivity contribution is -0.132. The molecule has 8 nitrogen and oxygen atoms in total. The molecule has 8 heteroatoms. The van der Waals surface area contributed by atoms with Gasteiger partial charge in [-0.15, -0.1) is 0 Å². The van der Waals surface area contributed by atoms with Crippen molar-refractivity contribution in [1.29, 1.82) is 0 Å². The Bertz CT molecular complexity index is 901. The van der Waals surface area contributed by atoms with Gasteiger partial charge in [-0.1, -0.05) is 43.5 Å². The molecule has 4 rings (SSSR count). The fourth-order valence-electron chi connectivity index (χ4n) is 4.22. The Kier molecular flexibility index (Phi) is 5.83. The van der Waals surface area contributed by atoms with Crippen LogP contribution >= 0.6 is 0 Å². The predicted molar refractivity (Wildman–Crippen MR) is 110 cm³/mol. The van der Waals surface area contributed by atoms with E-state index in [4.69, 9.17) is 0 Å². The molecule has 2 heterocycles. The van der Waals surface area contributed by atoms with E-state index in [9.17, 15) is 14.4 Å². The standard InChI is InChI=1S/C22H27N5O3/c28-19(9-14-27-20(29)22(25-21(27)30)10-2-1-3-11-22)23-15-17-5-7-18(8-6-17)16-26-13-4-12-24-26/h4-8,12-13H,1-3,9-11,14-16H2,(H,23,28)(H,25,30). The molecule has 30 heavy (non-hydrogen) atoms. The summed E-state index contributed by atoms with van der Waals surface area (Å²) < 4.78 is 1.85. The summed E-state index contributed by atoms with van der Waals surface area (Å²) in [5.74, 6) is -0.353. The molecule has 2 aromatic rings. The highest BCUT2D eigenvalue weighted by Gasteiger charge is 2.50. The number of urea groups is 1. The molecule has 0 unspecified atom stereocenters. The number of carbonyl (C=O) groups is 3. The quantitative estimate of drug-likeness (QED) is 0.685. The van der Waals surface area contributed by atoms with Gasteiger partial charge in [0.25, 0.3) is 5.91 Å². The molecule has 1 aliphatic carbocycles. The molecule has 2 N–H and O–H groups in total. The average Bonchev–Trinajstić information content (AvgIpc) is 3.34. The Morgan fingerprint density at radius 2 is 1.83 bits per heavy atom. The van der Waals surface area contributed by atoms with Crippen molar-refractivity contribution in [2.75, 3.05) is 6.54 Å². The second-order valence-corrected chi connectivity index (χ2v) is 8.08. The Morgan fingerprint density at radius 1 is 1.10 bits per heavy atom. The minimum absolute atomic E-state index is 0.104. The van der Waals surface area contributed by atoms with Crippen LogP contribution < -0.4 is 10.6 Å². The highest BCUT2D eigenvalue weighted by molar-refractivity contribution is 6.07. The summed E-state index contributed by atoms with van der Waals surface area (Å²) in [6, 6.07) is 9.49. The Morgan fingerprint density at radius 3 is 2.53 bits per heavy atom. The van der Waals surface area contributed by atoms with E-state index in [1.807, 2.05) is 41.2 Å². The van der Waals surface area contributed by atoms with Gasteiger partial charge in [0.05, 0.1) is 6.54 Å². The topological polar surface area (TPSA) is 96.3 Å². The van der Waals surface area contributed by atoms with Crippen LogP contribution in [0.4, 0.5) is 4.79 Å². The number of benzene rings is 1. The minimum atomic E-state index is -0.732. The Hall–Kier alpha value is -3.16. The van der Waals surface area contributed by atoms with Crippen LogP contribution in [0.5, 0.6) is 0 Å². The molecule has 1 aromatic carbocycles. The minimum Gasteiger partial charge on any atom is -0.352 e. The van der Waals surface area contributed by atoms with Gasteiger partial charge in [0.2, 0.25) is 5.91 Å². The van der Waals surface area contributed by atoms with E-state index in [-0.39, 0.29) is 30.8 Å². The van der Waals surface area contributed by atoms with Gasteiger partial charge >= 0.3 is 6.03 Å². The first-order valence-electron chi connectivity index (χ1n) is 10.5. The van der Waals surface area contributed by atoms with Crippen molar-refractivity contribution in [3.05, 3.63) is 53.9 Å². The lowest BCUT2D eigenvalue weighted by atomic mass is 9.82. The third-order valence-corrected chi connectivity index (χ3v) is 5.93. The monoisotopic (exact) mass is 409 g/mol. The van der Waals surface area contributed by atoms with Gasteiger partial charge in [-0.05, 0) is 30.0 Å². The molecule has 1 aliphatic heterocycles. The summed E-state index contributed by atoms with van der Waals surface area (Å²) in [5.41, 5.74) is 1.39. The predicted octanol–water partition coefficient (Wildman–Crippen LogP) is 2.19. The van der Waals surface area contributed by atoms with Crippen molar-refractivity contribution in [3.8, 4) is 0 Å². The molecule has 1 saturated carbocycles. The lowest BCUT2D eigenvalue weighted by Crippen LogP contribution is -2.48. The van der Waals surface area contributed by atoms with E-state index in [0.717, 1.165) is 30.4 Å². The fraction of sp³-hybridized carbons (Fsp3) is 0.455. The highest BCUT2D eigenvalue weighted by Crippen LogP contribution is 2.33. The van der Waals surface area contributed by atoms with Crippen molar-refractivity contribution in [2.45, 2.75) is 57.2 Å². The van der Waals surface area contributed by atoms with Gasteiger partial charge < -0.3 is 10.6 Å². The molecule has 158 valence electrons. The maximum Gasteiger partial charge on any atom is 0.325 e. The van der Waals surface area contributed by atoms with Crippen LogP contribution in [-0.2, 0) is 22.7 Å². The second-order valence-electron chi connectivity index (χ2n) is 8.08. The van der Waals surface area contributed by atoms with Gasteiger partial charge in [0, 0.05) is 31.9 Å². The molecule has 0 atom stereocenters. The zero-order chi connectivity index (χ0) is 21.0. The van der Waals surface area contributed by atoms with E-state index < -0.39 is 5.54 Å². The number of nitrogens with one attached hydrogen (secondary N) is 2. The summed E-state index contributed by atoms with van der Waals surface area (Å²) in [7, 11) is 0. The van der Waals surface area contributed by atoms with Crippen LogP contribution in [-0.4, -0.2) is 44.6 Å². The van der Waals surface area contributed by atoms with Crippen LogP contribution in [0.3, 0.4) is 0 Å². The van der Waals surface area contributed by atoms with Gasteiger partial charge in [0.15, 0.2) is 0 Å². The number of carbonyl (C=O) groups excluding carboxylic acids is 3. The summed E-state index contributed by atoms with van der Waals surface area (Å²) in [6.07, 6.45) is 8.13. The zero-order valence-electron chi connectivity index (χ0n) is 17.0. The van der Waals surface area contributed by atoms with E-state index in [2.05, 4.69) is 15.7 Å². The normalized spacial score (nSPS) is 17.9. The lowest BCUT2D eigenvalue weighted by Gasteiger charge is -2.30. The van der Waals surface area contributed by atoms with E-state index >= 15 is 0 Å². The highest BCUT2D eigenvalue weighted by atomic mass is 16.2. The molecule has 2 aliphatic rings. The first-order chi connectivity index (χ1) is 14.6. The third kappa shape index (κ3) is 4.37. The van der Waals surface area contributed by atoms with Crippen LogP contribution in [0.2, 0.25) is 0 Å². The smallest absolute Gasteiger partial charge is 0.325 e. The number of imide groups is 1. The maximum absolute atomic E-state index is 12.7. The van der Waals surface area contributed by atoms with Crippen LogP contribution in [0.1, 0.15) is 49.7 Å². The number of hydrogen-bond acceptors (Lipinski definition) is 4. The van der Waals surface area contributed by atoms with Gasteiger partial charge in [0.1, 0.15) is 5.54 Å². The van der Waals surface area contributed by atoms with Crippen molar-refractivity contribution >= 4 is 17.8 Å². The number of aromatic nitrogens is 2. The number of amides is 4. The largest absolute Gasteiger partial charge is 0.352 e. The molecule has 4 amide bonds. The van der Waals surface area contributed by atoms with E-state index in [0.29, 0.717) is 25.9 Å². The first kappa shape index (κ1) is 20.1. The molecule has 1 aromatic heterocycles. The van der Waals surface area contributed by atoms with E-state index in [1.165, 1.54) is 4.90 Å². The van der Waals surface area contributed by atoms with Crippen molar-refractivity contribution in [3.63, 3.8) is 0 Å². The zero-order valence-corrected chi connectivity index (χ0v) is 17.0. The Labute approximate surface area is 175 Å². The maximum atomic E-state index is 12.7. The van der Waals surface area contributed by atoms with Crippen molar-refractivity contribution < 1.29 is 14.4 Å². The second kappa shape index (κ2) is 8.69. The molecule has 0 bridgehead atoms. The van der Waals surface area contributed by atoms with Crippen molar-refractivity contribution in [1.82, 2.24) is 25.3 Å². The van der Waals surface area contributed by atoms with Crippen molar-refractivity contribution in [2.24, 2.45) is 0 Å². The molecule has 1 spiro atoms. The molecule has 1 saturated heterocycles. The van der Waals surface area contributed by atoms with E-state index in [1.54, 1.807) is 6.20 Å². The van der Waals surface area contributed by atoms with Gasteiger partial charge in [-0.3, -0.25) is 19.2 Å². The summed E-state index contributed by atoms with van der Waals surface area (Å²) in [6.45, 7) is 1.22. The van der Waals surface area contributed by atoms with Crippen LogP contribution in [0.15, 0.2) is 42.7 Å². The summed E-state index contributed by atoms with van der Waals surface area (Å²) in [4.78, 5) is 38.4. The third-order valence-electron chi connectivity index (χ3n) is 5.93. The fourth-order valence-corrected chi connectivity index (χ4v) is 4.22. The molecule has 0 radical (unpaired) electrons. The number of hydrogen-bond donors (Lipinski definition) is 2. The number of nitrogens with zero attached hydrogens (tertiary/aromatic N) is 3. The van der Waals surface area contributed by atoms with Gasteiger partial charge in [-0.25, -0.2) is 4.79 Å². The first-order valence-corrected chi connectivity index (χ1v) is 10.5. The SMILES string of the molecule is O=C(CCN1C(=O)NC2(CCCCC2)C1=O)NCc1ccc(Cn2cccn2)cc1. The average molecular weight is 409 g/mol. The van der Waals surface area contributed by atoms with Gasteiger partial charge in [-0.2, -0.15) is 5.10 Å².